The number of benzene rings is 1. The molecule has 1 aromatic carbocycles. The molecule has 3 nitrogen and oxygen atoms in total. The van der Waals surface area contributed by atoms with Gasteiger partial charge in [-0.15, -0.1) is 12.3 Å². The van der Waals surface area contributed by atoms with Gasteiger partial charge in [0.2, 0.25) is 5.91 Å². The minimum absolute atomic E-state index is 0.0729. The molecule has 0 unspecified atom stereocenters. The lowest BCUT2D eigenvalue weighted by Crippen LogP contribution is -2.06. The molecule has 0 saturated carbocycles. The van der Waals surface area contributed by atoms with Gasteiger partial charge in [-0.1, -0.05) is 6.07 Å². The topological polar surface area (TPSA) is 38.3 Å². The molecule has 0 saturated heterocycles. The monoisotopic (exact) mass is 233 g/mol. The van der Waals surface area contributed by atoms with E-state index < -0.39 is 0 Å². The normalized spacial score (nSPS) is 8.41. The Kier molecular flexibility index (Phi) is 7.29. The third-order valence-corrected chi connectivity index (χ3v) is 1.81. The van der Waals surface area contributed by atoms with Crippen LogP contribution in [0.4, 0.5) is 5.69 Å². The summed E-state index contributed by atoms with van der Waals surface area (Å²) in [5.41, 5.74) is 1.84. The van der Waals surface area contributed by atoms with Gasteiger partial charge in [0.25, 0.3) is 0 Å². The lowest BCUT2D eigenvalue weighted by atomic mass is 10.2. The Morgan fingerprint density at radius 2 is 2.12 bits per heavy atom. The summed E-state index contributed by atoms with van der Waals surface area (Å²) in [6.45, 7) is 7.68. The number of rotatable bonds is 3. The van der Waals surface area contributed by atoms with Crippen molar-refractivity contribution in [1.82, 2.24) is 0 Å². The zero-order valence-corrected chi connectivity index (χ0v) is 10.8. The van der Waals surface area contributed by atoms with E-state index in [-0.39, 0.29) is 5.91 Å². The maximum atomic E-state index is 10.8. The van der Waals surface area contributed by atoms with Crippen LogP contribution < -0.4 is 10.1 Å². The lowest BCUT2D eigenvalue weighted by Gasteiger charge is -2.09. The van der Waals surface area contributed by atoms with Crippen molar-refractivity contribution in [2.45, 2.75) is 27.7 Å². The summed E-state index contributed by atoms with van der Waals surface area (Å²) in [5.74, 6) is 3.00. The Morgan fingerprint density at radius 1 is 1.53 bits per heavy atom. The molecule has 0 aromatic heterocycles. The number of terminal acetylenes is 1. The van der Waals surface area contributed by atoms with Crippen LogP contribution in [0.2, 0.25) is 0 Å². The molecule has 1 N–H and O–H groups in total. The van der Waals surface area contributed by atoms with E-state index in [1.807, 2.05) is 32.0 Å². The third kappa shape index (κ3) is 6.26. The first-order chi connectivity index (χ1) is 8.04. The van der Waals surface area contributed by atoms with Gasteiger partial charge in [-0.2, -0.15) is 0 Å². The predicted molar refractivity (Wildman–Crippen MR) is 71.2 cm³/mol. The maximum absolute atomic E-state index is 10.8. The summed E-state index contributed by atoms with van der Waals surface area (Å²) in [5, 5.41) is 2.71. The molecule has 3 heteroatoms. The van der Waals surface area contributed by atoms with Crippen LogP contribution in [0.15, 0.2) is 18.2 Å². The molecule has 1 amide bonds. The first kappa shape index (κ1) is 15.0. The van der Waals surface area contributed by atoms with Crippen LogP contribution in [0, 0.1) is 19.3 Å². The fraction of sp³-hybridized carbons (Fsp3) is 0.357. The lowest BCUT2D eigenvalue weighted by molar-refractivity contribution is -0.114. The van der Waals surface area contributed by atoms with E-state index in [2.05, 4.69) is 17.7 Å². The number of aryl methyl sites for hydroxylation is 1. The van der Waals surface area contributed by atoms with Gasteiger partial charge in [-0.25, -0.2) is 0 Å². The number of amides is 1. The van der Waals surface area contributed by atoms with Crippen molar-refractivity contribution in [3.8, 4) is 18.1 Å². The van der Waals surface area contributed by atoms with Crippen LogP contribution in [0.5, 0.6) is 5.75 Å². The Morgan fingerprint density at radius 3 is 2.59 bits per heavy atom. The summed E-state index contributed by atoms with van der Waals surface area (Å²) < 4.78 is 5.41. The van der Waals surface area contributed by atoms with Crippen molar-refractivity contribution in [3.05, 3.63) is 23.8 Å². The Labute approximate surface area is 103 Å². The first-order valence-corrected chi connectivity index (χ1v) is 5.43. The third-order valence-electron chi connectivity index (χ3n) is 1.81. The van der Waals surface area contributed by atoms with Gasteiger partial charge in [0.15, 0.2) is 0 Å². The van der Waals surface area contributed by atoms with E-state index in [1.165, 1.54) is 6.92 Å². The van der Waals surface area contributed by atoms with E-state index >= 15 is 0 Å². The Bertz CT molecular complexity index is 405. The maximum Gasteiger partial charge on any atom is 0.221 e. The van der Waals surface area contributed by atoms with E-state index in [4.69, 9.17) is 4.74 Å². The molecule has 17 heavy (non-hydrogen) atoms. The van der Waals surface area contributed by atoms with Crippen molar-refractivity contribution in [2.75, 3.05) is 11.9 Å². The quantitative estimate of drug-likeness (QED) is 0.815. The van der Waals surface area contributed by atoms with Crippen LogP contribution in [0.3, 0.4) is 0 Å². The Hall–Kier alpha value is -1.95. The zero-order chi connectivity index (χ0) is 13.3. The minimum atomic E-state index is -0.0729. The van der Waals surface area contributed by atoms with E-state index in [0.29, 0.717) is 6.61 Å². The predicted octanol–water partition coefficient (Wildman–Crippen LogP) is 2.99. The molecule has 0 heterocycles. The van der Waals surface area contributed by atoms with Crippen LogP contribution >= 0.6 is 0 Å². The molecular weight excluding hydrogens is 214 g/mol. The van der Waals surface area contributed by atoms with Crippen molar-refractivity contribution in [1.29, 1.82) is 0 Å². The summed E-state index contributed by atoms with van der Waals surface area (Å²) in [7, 11) is 0. The fourth-order valence-electron chi connectivity index (χ4n) is 1.19. The van der Waals surface area contributed by atoms with Crippen molar-refractivity contribution < 1.29 is 9.53 Å². The molecule has 0 fully saturated rings. The van der Waals surface area contributed by atoms with Gasteiger partial charge in [0.1, 0.15) is 5.75 Å². The largest absolute Gasteiger partial charge is 0.494 e. The molecule has 0 aliphatic rings. The van der Waals surface area contributed by atoms with E-state index in [1.54, 1.807) is 6.92 Å². The second-order valence-corrected chi connectivity index (χ2v) is 3.38. The van der Waals surface area contributed by atoms with E-state index in [9.17, 15) is 4.79 Å². The number of hydrogen-bond acceptors (Lipinski definition) is 2. The summed E-state index contributed by atoms with van der Waals surface area (Å²) in [6, 6.07) is 5.62. The van der Waals surface area contributed by atoms with Gasteiger partial charge < -0.3 is 10.1 Å². The highest BCUT2D eigenvalue weighted by Gasteiger charge is 2.01. The highest BCUT2D eigenvalue weighted by atomic mass is 16.5. The average Bonchev–Trinajstić information content (AvgIpc) is 2.24. The number of anilines is 1. The molecule has 0 spiro atoms. The summed E-state index contributed by atoms with van der Waals surface area (Å²) in [6.07, 6.45) is 4.60. The fourth-order valence-corrected chi connectivity index (χ4v) is 1.19. The molecule has 0 aliphatic carbocycles. The summed E-state index contributed by atoms with van der Waals surface area (Å²) in [4.78, 5) is 10.8. The molecule has 0 bridgehead atoms. The van der Waals surface area contributed by atoms with Crippen LogP contribution in [-0.4, -0.2) is 12.5 Å². The van der Waals surface area contributed by atoms with Crippen LogP contribution in [0.1, 0.15) is 26.3 Å². The van der Waals surface area contributed by atoms with Crippen molar-refractivity contribution in [2.24, 2.45) is 0 Å². The van der Waals surface area contributed by atoms with Crippen molar-refractivity contribution in [3.63, 3.8) is 0 Å². The number of ether oxygens (including phenoxy) is 1. The highest BCUT2D eigenvalue weighted by Crippen LogP contribution is 2.22. The van der Waals surface area contributed by atoms with Crippen molar-refractivity contribution >= 4 is 11.6 Å². The van der Waals surface area contributed by atoms with Crippen LogP contribution in [-0.2, 0) is 4.79 Å². The van der Waals surface area contributed by atoms with Gasteiger partial charge in [0, 0.05) is 18.7 Å². The van der Waals surface area contributed by atoms with Gasteiger partial charge >= 0.3 is 0 Å². The number of carbonyl (C=O) groups excluding carboxylic acids is 1. The molecule has 1 aromatic rings. The molecule has 1 rings (SSSR count). The molecule has 0 radical (unpaired) electrons. The molecule has 92 valence electrons. The van der Waals surface area contributed by atoms with E-state index in [0.717, 1.165) is 17.0 Å². The van der Waals surface area contributed by atoms with Gasteiger partial charge in [-0.05, 0) is 32.4 Å². The SMILES string of the molecule is C#CC.CCOc1cc(NC(C)=O)ccc1C. The minimum Gasteiger partial charge on any atom is -0.494 e. The average molecular weight is 233 g/mol. The second-order valence-electron chi connectivity index (χ2n) is 3.38. The zero-order valence-electron chi connectivity index (χ0n) is 10.8. The number of nitrogens with one attached hydrogen (secondary N) is 1. The Balaban J connectivity index is 0.000000770. The molecule has 0 atom stereocenters. The number of hydrogen-bond donors (Lipinski definition) is 1. The highest BCUT2D eigenvalue weighted by molar-refractivity contribution is 5.88. The molecule has 0 aliphatic heterocycles. The second kappa shape index (κ2) is 8.23. The first-order valence-electron chi connectivity index (χ1n) is 5.43. The van der Waals surface area contributed by atoms with Gasteiger partial charge in [-0.3, -0.25) is 4.79 Å². The summed E-state index contributed by atoms with van der Waals surface area (Å²) >= 11 is 0. The standard InChI is InChI=1S/C11H15NO2.C3H4/c1-4-14-11-7-10(12-9(3)13)6-5-8(11)2;1-3-2/h5-7H,4H2,1-3H3,(H,12,13);1H,2H3. The molecular formula is C14H19NO2. The van der Waals surface area contributed by atoms with Crippen LogP contribution in [0.25, 0.3) is 0 Å². The number of carbonyl (C=O) groups is 1. The smallest absolute Gasteiger partial charge is 0.221 e. The van der Waals surface area contributed by atoms with Gasteiger partial charge in [0.05, 0.1) is 6.61 Å².